The van der Waals surface area contributed by atoms with Crippen LogP contribution in [0.1, 0.15) is 25.8 Å². The maximum atomic E-state index is 12.5. The van der Waals surface area contributed by atoms with E-state index in [-0.39, 0.29) is 17.9 Å². The van der Waals surface area contributed by atoms with Crippen LogP contribution >= 0.6 is 11.8 Å². The smallest absolute Gasteiger partial charge is 0.242 e. The maximum absolute atomic E-state index is 12.5. The summed E-state index contributed by atoms with van der Waals surface area (Å²) in [5.74, 6) is 1.84. The van der Waals surface area contributed by atoms with Crippen molar-refractivity contribution in [2.75, 3.05) is 18.1 Å². The molecule has 1 aromatic heterocycles. The molecule has 8 heteroatoms. The van der Waals surface area contributed by atoms with Crippen LogP contribution in [0.2, 0.25) is 0 Å². The summed E-state index contributed by atoms with van der Waals surface area (Å²) in [7, 11) is 1.84. The Hall–Kier alpha value is -1.54. The Bertz CT molecular complexity index is 554. The normalized spacial score (nSPS) is 19.1. The number of nitrogens with one attached hydrogen (secondary N) is 3. The van der Waals surface area contributed by atoms with E-state index in [1.165, 1.54) is 0 Å². The lowest BCUT2D eigenvalue weighted by molar-refractivity contribution is -0.130. The number of hydrogen-bond donors (Lipinski definition) is 3. The molecule has 2 atom stereocenters. The van der Waals surface area contributed by atoms with E-state index in [1.807, 2.05) is 27.1 Å². The van der Waals surface area contributed by atoms with Gasteiger partial charge in [0.15, 0.2) is 0 Å². The first-order valence-electron chi connectivity index (χ1n) is 8.32. The largest absolute Gasteiger partial charge is 0.350 e. The highest BCUT2D eigenvalue weighted by Crippen LogP contribution is 2.10. The predicted molar refractivity (Wildman–Crippen MR) is 95.6 cm³/mol. The molecule has 0 unspecified atom stereocenters. The molecule has 0 bridgehead atoms. The highest BCUT2D eigenvalue weighted by molar-refractivity contribution is 7.99. The second kappa shape index (κ2) is 9.08. The second-order valence-corrected chi connectivity index (χ2v) is 7.66. The Morgan fingerprint density at radius 1 is 1.50 bits per heavy atom. The fourth-order valence-electron chi connectivity index (χ4n) is 2.58. The van der Waals surface area contributed by atoms with Crippen LogP contribution in [-0.4, -0.2) is 51.7 Å². The first-order chi connectivity index (χ1) is 11.5. The van der Waals surface area contributed by atoms with Gasteiger partial charge in [-0.3, -0.25) is 14.3 Å². The summed E-state index contributed by atoms with van der Waals surface area (Å²) in [5, 5.41) is 13.1. The Kier molecular flexibility index (Phi) is 7.11. The molecule has 1 aromatic rings. The third-order valence-corrected chi connectivity index (χ3v) is 4.87. The Balaban J connectivity index is 1.90. The minimum Gasteiger partial charge on any atom is -0.350 e. The van der Waals surface area contributed by atoms with E-state index in [0.29, 0.717) is 18.9 Å². The van der Waals surface area contributed by atoms with E-state index < -0.39 is 6.04 Å². The number of aryl methyl sites for hydroxylation is 1. The fourth-order valence-corrected chi connectivity index (χ4v) is 3.52. The van der Waals surface area contributed by atoms with Crippen molar-refractivity contribution < 1.29 is 9.59 Å². The van der Waals surface area contributed by atoms with E-state index in [2.05, 4.69) is 21.0 Å². The van der Waals surface area contributed by atoms with Crippen LogP contribution in [0.25, 0.3) is 0 Å². The number of nitrogens with zero attached hydrogens (tertiary/aromatic N) is 2. The molecule has 24 heavy (non-hydrogen) atoms. The molecule has 3 N–H and O–H groups in total. The van der Waals surface area contributed by atoms with E-state index in [4.69, 9.17) is 0 Å². The van der Waals surface area contributed by atoms with Gasteiger partial charge in [-0.1, -0.05) is 13.8 Å². The highest BCUT2D eigenvalue weighted by atomic mass is 32.2. The van der Waals surface area contributed by atoms with Crippen LogP contribution in [0.3, 0.4) is 0 Å². The van der Waals surface area contributed by atoms with E-state index >= 15 is 0 Å². The Morgan fingerprint density at radius 3 is 2.88 bits per heavy atom. The monoisotopic (exact) mass is 353 g/mol. The molecular formula is C16H27N5O2S. The van der Waals surface area contributed by atoms with E-state index in [1.54, 1.807) is 22.6 Å². The number of thioether (sulfide) groups is 1. The molecule has 1 fully saturated rings. The lowest BCUT2D eigenvalue weighted by atomic mass is 10.0. The molecule has 0 aliphatic carbocycles. The number of carbonyl (C=O) groups excluding carboxylic acids is 2. The van der Waals surface area contributed by atoms with Gasteiger partial charge in [0, 0.05) is 43.4 Å². The molecule has 1 aliphatic heterocycles. The average molecular weight is 353 g/mol. The van der Waals surface area contributed by atoms with Crippen molar-refractivity contribution >= 4 is 23.6 Å². The molecule has 0 saturated carbocycles. The highest BCUT2D eigenvalue weighted by Gasteiger charge is 2.27. The van der Waals surface area contributed by atoms with Gasteiger partial charge in [0.25, 0.3) is 0 Å². The van der Waals surface area contributed by atoms with Gasteiger partial charge in [0.05, 0.1) is 12.2 Å². The van der Waals surface area contributed by atoms with Crippen LogP contribution in [0, 0.1) is 5.92 Å². The molecule has 2 amide bonds. The van der Waals surface area contributed by atoms with Crippen molar-refractivity contribution in [2.24, 2.45) is 13.0 Å². The average Bonchev–Trinajstić information content (AvgIpc) is 2.97. The van der Waals surface area contributed by atoms with Crippen molar-refractivity contribution in [3.05, 3.63) is 18.0 Å². The van der Waals surface area contributed by atoms with Gasteiger partial charge in [0.1, 0.15) is 6.04 Å². The first-order valence-corrected chi connectivity index (χ1v) is 9.48. The molecule has 7 nitrogen and oxygen atoms in total. The van der Waals surface area contributed by atoms with Crippen LogP contribution in [0.5, 0.6) is 0 Å². The van der Waals surface area contributed by atoms with Crippen molar-refractivity contribution in [3.63, 3.8) is 0 Å². The van der Waals surface area contributed by atoms with Gasteiger partial charge in [-0.15, -0.1) is 0 Å². The van der Waals surface area contributed by atoms with Crippen molar-refractivity contribution in [2.45, 2.75) is 38.9 Å². The fraction of sp³-hybridized carbons (Fsp3) is 0.688. The van der Waals surface area contributed by atoms with Crippen molar-refractivity contribution in [1.29, 1.82) is 0 Å². The predicted octanol–water partition coefficient (Wildman–Crippen LogP) is 0.272. The van der Waals surface area contributed by atoms with Gasteiger partial charge in [-0.25, -0.2) is 0 Å². The summed E-state index contributed by atoms with van der Waals surface area (Å²) < 4.78 is 1.70. The van der Waals surface area contributed by atoms with Gasteiger partial charge >= 0.3 is 0 Å². The molecular weight excluding hydrogens is 326 g/mol. The summed E-state index contributed by atoms with van der Waals surface area (Å²) in [6.07, 6.45) is 4.20. The quantitative estimate of drug-likeness (QED) is 0.655. The third-order valence-electron chi connectivity index (χ3n) is 3.80. The standard InChI is InChI=1S/C16H27N5O2S/c1-11(2)6-13(20-16(23)14-10-24-5-4-17-14)15(22)18-7-12-8-19-21(3)9-12/h8-9,11,13-14,17H,4-7,10H2,1-3H3,(H,18,22)(H,20,23)/t13-,14-/m0/s1. The van der Waals surface area contributed by atoms with Crippen LogP contribution in [0.4, 0.5) is 0 Å². The minimum absolute atomic E-state index is 0.0932. The third kappa shape index (κ3) is 5.83. The lowest BCUT2D eigenvalue weighted by Gasteiger charge is -2.26. The number of hydrogen-bond acceptors (Lipinski definition) is 5. The van der Waals surface area contributed by atoms with Crippen LogP contribution in [0.15, 0.2) is 12.4 Å². The zero-order valence-corrected chi connectivity index (χ0v) is 15.4. The van der Waals surface area contributed by atoms with Crippen LogP contribution in [-0.2, 0) is 23.2 Å². The van der Waals surface area contributed by atoms with E-state index in [9.17, 15) is 9.59 Å². The summed E-state index contributed by atoms with van der Waals surface area (Å²) in [4.78, 5) is 24.9. The molecule has 2 rings (SSSR count). The summed E-state index contributed by atoms with van der Waals surface area (Å²) in [5.41, 5.74) is 0.936. The van der Waals surface area contributed by atoms with Crippen molar-refractivity contribution in [1.82, 2.24) is 25.7 Å². The zero-order valence-electron chi connectivity index (χ0n) is 14.5. The lowest BCUT2D eigenvalue weighted by Crippen LogP contribution is -2.55. The summed E-state index contributed by atoms with van der Waals surface area (Å²) >= 11 is 1.76. The van der Waals surface area contributed by atoms with Crippen LogP contribution < -0.4 is 16.0 Å². The first kappa shape index (κ1) is 18.8. The molecule has 1 aliphatic rings. The van der Waals surface area contributed by atoms with Crippen molar-refractivity contribution in [3.8, 4) is 0 Å². The molecule has 0 spiro atoms. The van der Waals surface area contributed by atoms with Gasteiger partial charge in [-0.05, 0) is 12.3 Å². The molecule has 134 valence electrons. The minimum atomic E-state index is -0.511. The van der Waals surface area contributed by atoms with Gasteiger partial charge in [-0.2, -0.15) is 16.9 Å². The van der Waals surface area contributed by atoms with Gasteiger partial charge in [0.2, 0.25) is 11.8 Å². The number of amides is 2. The maximum Gasteiger partial charge on any atom is 0.242 e. The number of rotatable bonds is 7. The Morgan fingerprint density at radius 2 is 2.29 bits per heavy atom. The Labute approximate surface area is 147 Å². The van der Waals surface area contributed by atoms with Gasteiger partial charge < -0.3 is 16.0 Å². The summed E-state index contributed by atoms with van der Waals surface area (Å²) in [6, 6.07) is -0.729. The summed E-state index contributed by atoms with van der Waals surface area (Å²) in [6.45, 7) is 5.32. The second-order valence-electron chi connectivity index (χ2n) is 6.51. The molecule has 1 saturated heterocycles. The topological polar surface area (TPSA) is 88.1 Å². The van der Waals surface area contributed by atoms with E-state index in [0.717, 1.165) is 23.6 Å². The molecule has 2 heterocycles. The molecule has 0 aromatic carbocycles. The SMILES string of the molecule is CC(C)C[C@H](NC(=O)[C@@H]1CSCCN1)C(=O)NCc1cnn(C)c1. The number of aromatic nitrogens is 2. The zero-order chi connectivity index (χ0) is 17.5. The number of carbonyl (C=O) groups is 2. The molecule has 0 radical (unpaired) electrons.